The van der Waals surface area contributed by atoms with Gasteiger partial charge in [-0.15, -0.1) is 0 Å². The van der Waals surface area contributed by atoms with Crippen molar-refractivity contribution >= 4 is 20.0 Å². The van der Waals surface area contributed by atoms with Gasteiger partial charge in [0, 0.05) is 32.6 Å². The molecule has 1 unspecified atom stereocenters. The second-order valence-corrected chi connectivity index (χ2v) is 9.70. The molecule has 2 aliphatic carbocycles. The van der Waals surface area contributed by atoms with Crippen LogP contribution in [0.5, 0.6) is 0 Å². The van der Waals surface area contributed by atoms with Crippen molar-refractivity contribution in [2.75, 3.05) is 19.8 Å². The van der Waals surface area contributed by atoms with E-state index in [9.17, 15) is 5.11 Å². The van der Waals surface area contributed by atoms with Crippen molar-refractivity contribution in [1.82, 2.24) is 9.78 Å². The highest BCUT2D eigenvalue weighted by molar-refractivity contribution is 6.30. The summed E-state index contributed by atoms with van der Waals surface area (Å²) < 4.78 is 7.07. The number of aliphatic hydroxyl groups is 1. The van der Waals surface area contributed by atoms with E-state index < -0.39 is 0 Å². The average molecular weight is 456 g/mol. The molecular weight excluding hydrogens is 419 g/mol. The van der Waals surface area contributed by atoms with Crippen LogP contribution in [0.25, 0.3) is 5.69 Å². The highest BCUT2D eigenvalue weighted by Crippen LogP contribution is 2.40. The molecule has 1 saturated carbocycles. The molecule has 173 valence electrons. The van der Waals surface area contributed by atoms with Gasteiger partial charge < -0.3 is 9.84 Å². The molecule has 1 N–H and O–H groups in total. The van der Waals surface area contributed by atoms with Crippen molar-refractivity contribution in [3.63, 3.8) is 0 Å². The summed E-state index contributed by atoms with van der Waals surface area (Å²) in [6.07, 6.45) is 14.8. The first kappa shape index (κ1) is 25.3. The summed E-state index contributed by atoms with van der Waals surface area (Å²) in [5.74, 6) is 0.768. The Morgan fingerprint density at radius 3 is 2.22 bits per heavy atom. The topological polar surface area (TPSA) is 47.3 Å². The number of ether oxygens (including phenoxy) is 1. The van der Waals surface area contributed by atoms with Crippen molar-refractivity contribution in [3.8, 4) is 5.69 Å². The number of fused-ring (bicyclic) bond motifs is 1. The monoisotopic (exact) mass is 455 g/mol. The molecule has 32 heavy (non-hydrogen) atoms. The van der Waals surface area contributed by atoms with Crippen LogP contribution in [0.3, 0.4) is 0 Å². The van der Waals surface area contributed by atoms with Crippen LogP contribution in [-0.4, -0.2) is 43.1 Å². The SMILES string of the molecule is C1CCOC1.OCC(c1c2c(nn1-c1ccc(Cl)cc1)CCCCC2)C1CCCCC1.[B]. The zero-order chi connectivity index (χ0) is 21.5. The van der Waals surface area contributed by atoms with Crippen molar-refractivity contribution in [1.29, 1.82) is 0 Å². The van der Waals surface area contributed by atoms with Crippen molar-refractivity contribution < 1.29 is 9.84 Å². The Hall–Kier alpha value is -1.30. The molecule has 0 bridgehead atoms. The first-order valence-corrected chi connectivity index (χ1v) is 12.7. The molecule has 2 heterocycles. The highest BCUT2D eigenvalue weighted by atomic mass is 35.5. The van der Waals surface area contributed by atoms with Crippen LogP contribution in [0.1, 0.15) is 87.1 Å². The van der Waals surface area contributed by atoms with E-state index in [-0.39, 0.29) is 20.9 Å². The first-order valence-electron chi connectivity index (χ1n) is 12.3. The van der Waals surface area contributed by atoms with Crippen LogP contribution >= 0.6 is 11.6 Å². The van der Waals surface area contributed by atoms with Gasteiger partial charge in [-0.2, -0.15) is 5.10 Å². The number of aryl methyl sites for hydroxylation is 1. The largest absolute Gasteiger partial charge is 0.396 e. The van der Waals surface area contributed by atoms with E-state index in [1.807, 2.05) is 24.3 Å². The fraction of sp³-hybridized carbons (Fsp3) is 0.654. The Balaban J connectivity index is 0.000000427. The lowest BCUT2D eigenvalue weighted by Gasteiger charge is -2.30. The van der Waals surface area contributed by atoms with Crippen molar-refractivity contribution in [3.05, 3.63) is 46.2 Å². The minimum Gasteiger partial charge on any atom is -0.396 e. The highest BCUT2D eigenvalue weighted by Gasteiger charge is 2.32. The minimum absolute atomic E-state index is 0. The standard InChI is InChI=1S/C22H29ClN2O.C4H8O.B/c23-17-11-13-18(14-12-17)25-22(19-9-5-2-6-10-21(19)24-25)20(15-26)16-7-3-1-4-8-16;1-2-4-5-3-1;/h11-14,16,20,26H,1-10,15H2;1-4H2;. The van der Waals surface area contributed by atoms with E-state index in [1.165, 1.54) is 81.2 Å². The van der Waals surface area contributed by atoms with Crippen molar-refractivity contribution in [2.45, 2.75) is 83.0 Å². The molecule has 2 aromatic rings. The molecule has 5 rings (SSSR count). The number of benzene rings is 1. The number of halogens is 1. The maximum absolute atomic E-state index is 10.4. The van der Waals surface area contributed by atoms with Crippen LogP contribution < -0.4 is 0 Å². The average Bonchev–Trinajstić information content (AvgIpc) is 3.44. The molecule has 2 fully saturated rings. The predicted molar refractivity (Wildman–Crippen MR) is 132 cm³/mol. The second kappa shape index (κ2) is 12.8. The van der Waals surface area contributed by atoms with Gasteiger partial charge in [0.15, 0.2) is 0 Å². The van der Waals surface area contributed by atoms with Gasteiger partial charge in [0.25, 0.3) is 0 Å². The fourth-order valence-corrected chi connectivity index (χ4v) is 5.55. The van der Waals surface area contributed by atoms with Crippen LogP contribution in [-0.2, 0) is 17.6 Å². The molecule has 1 saturated heterocycles. The maximum atomic E-state index is 10.4. The molecule has 1 aromatic heterocycles. The van der Waals surface area contributed by atoms with E-state index in [4.69, 9.17) is 21.4 Å². The Bertz CT molecular complexity index is 806. The van der Waals surface area contributed by atoms with E-state index in [0.717, 1.165) is 36.8 Å². The second-order valence-electron chi connectivity index (χ2n) is 9.27. The van der Waals surface area contributed by atoms with Gasteiger partial charge in [0.1, 0.15) is 0 Å². The van der Waals surface area contributed by atoms with Gasteiger partial charge in [-0.3, -0.25) is 0 Å². The summed E-state index contributed by atoms with van der Waals surface area (Å²) in [7, 11) is 0. The number of aromatic nitrogens is 2. The summed E-state index contributed by atoms with van der Waals surface area (Å²) in [6.45, 7) is 2.22. The maximum Gasteiger partial charge on any atom is 0.0664 e. The van der Waals surface area contributed by atoms with Crippen LogP contribution in [0, 0.1) is 5.92 Å². The quantitative estimate of drug-likeness (QED) is 0.463. The van der Waals surface area contributed by atoms with Gasteiger partial charge in [-0.1, -0.05) is 37.3 Å². The summed E-state index contributed by atoms with van der Waals surface area (Å²) in [6, 6.07) is 7.96. The lowest BCUT2D eigenvalue weighted by molar-refractivity contribution is 0.191. The number of aliphatic hydroxyl groups excluding tert-OH is 1. The molecule has 1 aromatic carbocycles. The number of rotatable bonds is 4. The van der Waals surface area contributed by atoms with Crippen LogP contribution in [0.15, 0.2) is 24.3 Å². The van der Waals surface area contributed by atoms with E-state index >= 15 is 0 Å². The Kier molecular flexibility index (Phi) is 10.1. The molecular formula is C26H37BClN2O2. The minimum atomic E-state index is 0. The normalized spacial score (nSPS) is 19.8. The van der Waals surface area contributed by atoms with E-state index in [0.29, 0.717) is 5.92 Å². The summed E-state index contributed by atoms with van der Waals surface area (Å²) in [5.41, 5.74) is 5.01. The zero-order valence-electron chi connectivity index (χ0n) is 19.3. The molecule has 3 aliphatic rings. The predicted octanol–water partition coefficient (Wildman–Crippen LogP) is 5.87. The third-order valence-corrected chi connectivity index (χ3v) is 7.36. The third kappa shape index (κ3) is 6.18. The first-order chi connectivity index (χ1) is 15.3. The van der Waals surface area contributed by atoms with Crippen LogP contribution in [0.4, 0.5) is 0 Å². The lowest BCUT2D eigenvalue weighted by Crippen LogP contribution is -2.23. The summed E-state index contributed by atoms with van der Waals surface area (Å²) in [5, 5.41) is 16.2. The lowest BCUT2D eigenvalue weighted by atomic mass is 9.77. The molecule has 0 spiro atoms. The van der Waals surface area contributed by atoms with Gasteiger partial charge >= 0.3 is 0 Å². The number of hydrogen-bond donors (Lipinski definition) is 1. The molecule has 1 aliphatic heterocycles. The van der Waals surface area contributed by atoms with Gasteiger partial charge in [0.05, 0.1) is 23.7 Å². The fourth-order valence-electron chi connectivity index (χ4n) is 5.42. The Morgan fingerprint density at radius 1 is 0.938 bits per heavy atom. The van der Waals surface area contributed by atoms with E-state index in [2.05, 4.69) is 4.68 Å². The van der Waals surface area contributed by atoms with Gasteiger partial charge in [-0.05, 0) is 87.1 Å². The Labute approximate surface area is 200 Å². The summed E-state index contributed by atoms with van der Waals surface area (Å²) in [4.78, 5) is 0. The van der Waals surface area contributed by atoms with Gasteiger partial charge in [0.2, 0.25) is 0 Å². The molecule has 0 amide bonds. The molecule has 4 nitrogen and oxygen atoms in total. The summed E-state index contributed by atoms with van der Waals surface area (Å²) >= 11 is 6.10. The number of nitrogens with zero attached hydrogens (tertiary/aromatic N) is 2. The molecule has 1 atom stereocenters. The Morgan fingerprint density at radius 2 is 1.59 bits per heavy atom. The molecule has 6 heteroatoms. The van der Waals surface area contributed by atoms with Gasteiger partial charge in [-0.25, -0.2) is 4.68 Å². The third-order valence-electron chi connectivity index (χ3n) is 7.11. The zero-order valence-corrected chi connectivity index (χ0v) is 20.0. The molecule has 3 radical (unpaired) electrons. The smallest absolute Gasteiger partial charge is 0.0664 e. The van der Waals surface area contributed by atoms with Crippen LogP contribution in [0.2, 0.25) is 5.02 Å². The van der Waals surface area contributed by atoms with Crippen molar-refractivity contribution in [2.24, 2.45) is 5.92 Å². The number of hydrogen-bond acceptors (Lipinski definition) is 3. The van der Waals surface area contributed by atoms with E-state index in [1.54, 1.807) is 0 Å².